The van der Waals surface area contributed by atoms with Crippen LogP contribution >= 0.6 is 11.3 Å². The van der Waals surface area contributed by atoms with E-state index in [4.69, 9.17) is 0 Å². The predicted octanol–water partition coefficient (Wildman–Crippen LogP) is 1.04. The molecule has 7 nitrogen and oxygen atoms in total. The predicted molar refractivity (Wildman–Crippen MR) is 94.2 cm³/mol. The summed E-state index contributed by atoms with van der Waals surface area (Å²) in [6.45, 7) is 5.88. The minimum Gasteiger partial charge on any atom is -0.355 e. The Morgan fingerprint density at radius 1 is 1.33 bits per heavy atom. The van der Waals surface area contributed by atoms with Crippen molar-refractivity contribution in [2.45, 2.75) is 37.4 Å². The summed E-state index contributed by atoms with van der Waals surface area (Å²) in [5.41, 5.74) is 0. The fraction of sp³-hybridized carbons (Fsp3) is 0.600. The highest BCUT2D eigenvalue weighted by atomic mass is 32.2. The number of rotatable bonds is 9. The molecule has 0 saturated heterocycles. The quantitative estimate of drug-likeness (QED) is 0.674. The Balaban J connectivity index is 2.80. The standard InChI is InChI=1S/C15H25N3O4S2/c1-5-8-16-12(19)10-18(4)15(20)14(11(2)3)17-24(21,22)13-7-6-9-23-13/h6-7,9,11,14,17H,5,8,10H2,1-4H3,(H,16,19)/t14-/m0/s1. The number of hydrogen-bond donors (Lipinski definition) is 2. The Bertz CT molecular complexity index is 642. The van der Waals surface area contributed by atoms with Crippen molar-refractivity contribution in [3.63, 3.8) is 0 Å². The first-order valence-electron chi connectivity index (χ1n) is 7.76. The van der Waals surface area contributed by atoms with Gasteiger partial charge < -0.3 is 10.2 Å². The van der Waals surface area contributed by atoms with Crippen molar-refractivity contribution in [1.29, 1.82) is 0 Å². The van der Waals surface area contributed by atoms with Crippen LogP contribution in [-0.4, -0.2) is 51.3 Å². The smallest absolute Gasteiger partial charge is 0.250 e. The highest BCUT2D eigenvalue weighted by Crippen LogP contribution is 2.17. The van der Waals surface area contributed by atoms with Gasteiger partial charge >= 0.3 is 0 Å². The van der Waals surface area contributed by atoms with Crippen LogP contribution in [0, 0.1) is 5.92 Å². The zero-order valence-corrected chi connectivity index (χ0v) is 16.0. The molecule has 0 bridgehead atoms. The first kappa shape index (κ1) is 20.6. The topological polar surface area (TPSA) is 95.6 Å². The van der Waals surface area contributed by atoms with Crippen LogP contribution in [0.5, 0.6) is 0 Å². The summed E-state index contributed by atoms with van der Waals surface area (Å²) < 4.78 is 27.3. The van der Waals surface area contributed by atoms with E-state index < -0.39 is 22.0 Å². The summed E-state index contributed by atoms with van der Waals surface area (Å²) in [4.78, 5) is 25.5. The van der Waals surface area contributed by atoms with E-state index in [9.17, 15) is 18.0 Å². The monoisotopic (exact) mass is 375 g/mol. The van der Waals surface area contributed by atoms with Gasteiger partial charge in [0.05, 0.1) is 6.54 Å². The van der Waals surface area contributed by atoms with Gasteiger partial charge in [0.25, 0.3) is 10.0 Å². The second kappa shape index (κ2) is 9.14. The minimum atomic E-state index is -3.76. The van der Waals surface area contributed by atoms with Gasteiger partial charge in [0.15, 0.2) is 0 Å². The van der Waals surface area contributed by atoms with Crippen LogP contribution in [0.4, 0.5) is 0 Å². The lowest BCUT2D eigenvalue weighted by molar-refractivity contribution is -0.136. The Kier molecular flexibility index (Phi) is 7.85. The number of amides is 2. The van der Waals surface area contributed by atoms with Crippen molar-refractivity contribution in [1.82, 2.24) is 14.9 Å². The molecule has 0 unspecified atom stereocenters. The van der Waals surface area contributed by atoms with E-state index >= 15 is 0 Å². The summed E-state index contributed by atoms with van der Waals surface area (Å²) in [6.07, 6.45) is 0.804. The highest BCUT2D eigenvalue weighted by molar-refractivity contribution is 7.91. The molecule has 24 heavy (non-hydrogen) atoms. The number of likely N-dealkylation sites (N-methyl/N-ethyl adjacent to an activating group) is 1. The fourth-order valence-corrected chi connectivity index (χ4v) is 4.31. The lowest BCUT2D eigenvalue weighted by Gasteiger charge is -2.26. The second-order valence-electron chi connectivity index (χ2n) is 5.82. The zero-order valence-electron chi connectivity index (χ0n) is 14.4. The number of nitrogens with one attached hydrogen (secondary N) is 2. The molecule has 1 heterocycles. The fourth-order valence-electron chi connectivity index (χ4n) is 1.96. The Hall–Kier alpha value is -1.45. The first-order valence-corrected chi connectivity index (χ1v) is 10.1. The van der Waals surface area contributed by atoms with Gasteiger partial charge in [0, 0.05) is 13.6 Å². The van der Waals surface area contributed by atoms with Gasteiger partial charge in [-0.3, -0.25) is 9.59 Å². The Morgan fingerprint density at radius 3 is 2.50 bits per heavy atom. The molecule has 0 spiro atoms. The summed E-state index contributed by atoms with van der Waals surface area (Å²) in [6, 6.07) is 2.19. The van der Waals surface area contributed by atoms with Gasteiger partial charge in [-0.15, -0.1) is 11.3 Å². The van der Waals surface area contributed by atoms with Crippen molar-refractivity contribution in [2.24, 2.45) is 5.92 Å². The van der Waals surface area contributed by atoms with E-state index in [0.717, 1.165) is 17.8 Å². The molecule has 9 heteroatoms. The number of thiophene rings is 1. The van der Waals surface area contributed by atoms with Gasteiger partial charge in [-0.05, 0) is 23.8 Å². The van der Waals surface area contributed by atoms with E-state index in [2.05, 4.69) is 10.0 Å². The second-order valence-corrected chi connectivity index (χ2v) is 8.71. The third-order valence-electron chi connectivity index (χ3n) is 3.30. The van der Waals surface area contributed by atoms with Gasteiger partial charge in [-0.1, -0.05) is 26.8 Å². The maximum Gasteiger partial charge on any atom is 0.250 e. The molecule has 1 rings (SSSR count). The molecule has 0 saturated carbocycles. The lowest BCUT2D eigenvalue weighted by Crippen LogP contribution is -2.51. The van der Waals surface area contributed by atoms with Crippen LogP contribution in [0.1, 0.15) is 27.2 Å². The van der Waals surface area contributed by atoms with Gasteiger partial charge in [-0.25, -0.2) is 8.42 Å². The van der Waals surface area contributed by atoms with E-state index in [0.29, 0.717) is 6.54 Å². The number of carbonyl (C=O) groups is 2. The molecule has 2 amide bonds. The van der Waals surface area contributed by atoms with Crippen LogP contribution in [0.25, 0.3) is 0 Å². The summed E-state index contributed by atoms with van der Waals surface area (Å²) in [5.74, 6) is -0.957. The average molecular weight is 376 g/mol. The van der Waals surface area contributed by atoms with E-state index in [1.165, 1.54) is 18.0 Å². The van der Waals surface area contributed by atoms with Crippen molar-refractivity contribution in [3.8, 4) is 0 Å². The largest absolute Gasteiger partial charge is 0.355 e. The van der Waals surface area contributed by atoms with Gasteiger partial charge in [0.1, 0.15) is 10.3 Å². The Labute approximate surface area is 147 Å². The van der Waals surface area contributed by atoms with Gasteiger partial charge in [-0.2, -0.15) is 4.72 Å². The molecule has 136 valence electrons. The first-order chi connectivity index (χ1) is 11.2. The molecule has 0 fully saturated rings. The van der Waals surface area contributed by atoms with Crippen molar-refractivity contribution < 1.29 is 18.0 Å². The Morgan fingerprint density at radius 2 is 2.00 bits per heavy atom. The third kappa shape index (κ3) is 5.88. The van der Waals surface area contributed by atoms with Crippen LogP contribution in [0.2, 0.25) is 0 Å². The van der Waals surface area contributed by atoms with Gasteiger partial charge in [0.2, 0.25) is 11.8 Å². The van der Waals surface area contributed by atoms with E-state index in [1.54, 1.807) is 25.3 Å². The summed E-state index contributed by atoms with van der Waals surface area (Å²) in [5, 5.41) is 4.34. The SMILES string of the molecule is CCCNC(=O)CN(C)C(=O)[C@@H](NS(=O)(=O)c1cccs1)C(C)C. The molecule has 0 aliphatic heterocycles. The minimum absolute atomic E-state index is 0.108. The van der Waals surface area contributed by atoms with Crippen molar-refractivity contribution in [2.75, 3.05) is 20.1 Å². The third-order valence-corrected chi connectivity index (χ3v) is 6.14. The normalized spacial score (nSPS) is 12.9. The molecule has 1 aromatic heterocycles. The number of nitrogens with zero attached hydrogens (tertiary/aromatic N) is 1. The summed E-state index contributed by atoms with van der Waals surface area (Å²) >= 11 is 1.08. The zero-order chi connectivity index (χ0) is 18.3. The van der Waals surface area contributed by atoms with Crippen molar-refractivity contribution >= 4 is 33.2 Å². The molecular formula is C15H25N3O4S2. The number of hydrogen-bond acceptors (Lipinski definition) is 5. The molecule has 1 atom stereocenters. The van der Waals surface area contributed by atoms with E-state index in [1.807, 2.05) is 6.92 Å². The molecular weight excluding hydrogens is 350 g/mol. The lowest BCUT2D eigenvalue weighted by atomic mass is 10.0. The van der Waals surface area contributed by atoms with Crippen molar-refractivity contribution in [3.05, 3.63) is 17.5 Å². The summed E-state index contributed by atoms with van der Waals surface area (Å²) in [7, 11) is -2.27. The van der Waals surface area contributed by atoms with E-state index in [-0.39, 0.29) is 22.6 Å². The molecule has 0 aromatic carbocycles. The maximum atomic E-state index is 12.6. The molecule has 1 aromatic rings. The van der Waals surface area contributed by atoms with Crippen LogP contribution in [0.15, 0.2) is 21.7 Å². The molecule has 0 radical (unpaired) electrons. The van der Waals surface area contributed by atoms with Crippen LogP contribution in [-0.2, 0) is 19.6 Å². The molecule has 2 N–H and O–H groups in total. The number of carbonyl (C=O) groups excluding carboxylic acids is 2. The molecule has 0 aliphatic rings. The highest BCUT2D eigenvalue weighted by Gasteiger charge is 2.31. The molecule has 0 aliphatic carbocycles. The van der Waals surface area contributed by atoms with Crippen LogP contribution in [0.3, 0.4) is 0 Å². The number of sulfonamides is 1. The maximum absolute atomic E-state index is 12.6. The van der Waals surface area contributed by atoms with Crippen LogP contribution < -0.4 is 10.0 Å². The average Bonchev–Trinajstić information content (AvgIpc) is 3.04.